The summed E-state index contributed by atoms with van der Waals surface area (Å²) in [5.41, 5.74) is 0.250. The van der Waals surface area contributed by atoms with Crippen LogP contribution in [0.1, 0.15) is 85.5 Å². The second kappa shape index (κ2) is 12.3. The van der Waals surface area contributed by atoms with Crippen LogP contribution >= 0.6 is 0 Å². The molecule has 12 unspecified atom stereocenters. The average molecular weight is 620 g/mol. The minimum atomic E-state index is -4.22. The van der Waals surface area contributed by atoms with E-state index in [1.165, 1.54) is 4.90 Å². The molecule has 4 aliphatic rings. The Hall–Kier alpha value is -1.52. The highest BCUT2D eigenvalue weighted by Crippen LogP contribution is 2.69. The number of fused-ring (bicyclic) bond motifs is 5. The van der Waals surface area contributed by atoms with Gasteiger partial charge >= 0.3 is 0 Å². The minimum Gasteiger partial charge on any atom is -0.393 e. The van der Waals surface area contributed by atoms with Gasteiger partial charge in [0.25, 0.3) is 10.1 Å². The molecule has 4 N–H and O–H groups in total. The van der Waals surface area contributed by atoms with Gasteiger partial charge in [-0.1, -0.05) is 52.3 Å². The number of amides is 1. The quantitative estimate of drug-likeness (QED) is 0.288. The van der Waals surface area contributed by atoms with Crippen LogP contribution in [0, 0.1) is 52.3 Å². The monoisotopic (exact) mass is 619 g/mol. The van der Waals surface area contributed by atoms with Crippen LogP contribution in [0.25, 0.3) is 0 Å². The summed E-state index contributed by atoms with van der Waals surface area (Å²) < 4.78 is 32.3. The third-order valence-corrected chi connectivity index (χ3v) is 13.7. The van der Waals surface area contributed by atoms with E-state index in [9.17, 15) is 33.1 Å². The number of para-hydroxylation sites is 1. The summed E-state index contributed by atoms with van der Waals surface area (Å²) in [6.07, 6.45) is 5.56. The Labute approximate surface area is 258 Å². The Kier molecular flexibility index (Phi) is 9.44. The van der Waals surface area contributed by atoms with E-state index in [1.807, 2.05) is 6.07 Å². The summed E-state index contributed by atoms with van der Waals surface area (Å²) in [5, 5.41) is 34.4. The largest absolute Gasteiger partial charge is 0.393 e. The van der Waals surface area contributed by atoms with Gasteiger partial charge in [-0.2, -0.15) is 8.42 Å². The summed E-state index contributed by atoms with van der Waals surface area (Å²) in [4.78, 5) is 14.9. The Morgan fingerprint density at radius 1 is 1.02 bits per heavy atom. The van der Waals surface area contributed by atoms with Gasteiger partial charge in [-0.05, 0) is 109 Å². The Bertz CT molecular complexity index is 1240. The number of aliphatic hydroxyl groups excluding tert-OH is 3. The van der Waals surface area contributed by atoms with Gasteiger partial charge in [0.15, 0.2) is 0 Å². The number of nitrogens with zero attached hydrogens (tertiary/aromatic N) is 1. The molecule has 4 saturated carbocycles. The average Bonchev–Trinajstić information content (AvgIpc) is 3.32. The molecule has 1 aromatic carbocycles. The van der Waals surface area contributed by atoms with Gasteiger partial charge in [-0.3, -0.25) is 9.35 Å². The SMILES string of the molecule is CCC1C(O)C2C(CC(O)C3(C)C(C(C)CCC(=O)N(CCS(=O)(=O)O)c4ccccc4)CCC23)C2(C)CCC(O)CC12. The van der Waals surface area contributed by atoms with E-state index in [4.69, 9.17) is 0 Å². The normalized spacial score (nSPS) is 41.5. The molecular weight excluding hydrogens is 566 g/mol. The summed E-state index contributed by atoms with van der Waals surface area (Å²) in [6, 6.07) is 8.95. The number of aliphatic hydroxyl groups is 3. The lowest BCUT2D eigenvalue weighted by Crippen LogP contribution is -2.65. The van der Waals surface area contributed by atoms with E-state index in [-0.39, 0.29) is 77.2 Å². The summed E-state index contributed by atoms with van der Waals surface area (Å²) in [5.74, 6) is 0.629. The summed E-state index contributed by atoms with van der Waals surface area (Å²) in [7, 11) is -4.22. The molecule has 9 heteroatoms. The van der Waals surface area contributed by atoms with Crippen LogP contribution in [0.2, 0.25) is 0 Å². The summed E-state index contributed by atoms with van der Waals surface area (Å²) >= 11 is 0. The number of anilines is 1. The number of hydrogen-bond acceptors (Lipinski definition) is 6. The van der Waals surface area contributed by atoms with Crippen molar-refractivity contribution >= 4 is 21.7 Å². The number of carbonyl (C=O) groups is 1. The highest BCUT2D eigenvalue weighted by atomic mass is 32.2. The Morgan fingerprint density at radius 3 is 2.37 bits per heavy atom. The maximum atomic E-state index is 13.4. The number of benzene rings is 1. The Morgan fingerprint density at radius 2 is 1.72 bits per heavy atom. The summed E-state index contributed by atoms with van der Waals surface area (Å²) in [6.45, 7) is 8.81. The molecule has 0 aromatic heterocycles. The first kappa shape index (κ1) is 32.9. The topological polar surface area (TPSA) is 135 Å². The van der Waals surface area contributed by atoms with Gasteiger partial charge in [0.2, 0.25) is 5.91 Å². The fraction of sp³-hybridized carbons (Fsp3) is 0.794. The zero-order valence-electron chi connectivity index (χ0n) is 26.3. The van der Waals surface area contributed by atoms with Gasteiger partial charge < -0.3 is 20.2 Å². The van der Waals surface area contributed by atoms with Gasteiger partial charge in [-0.15, -0.1) is 0 Å². The molecule has 5 rings (SSSR count). The lowest BCUT2D eigenvalue weighted by atomic mass is 9.41. The third-order valence-electron chi connectivity index (χ3n) is 13.0. The molecule has 0 radical (unpaired) electrons. The molecule has 0 bridgehead atoms. The van der Waals surface area contributed by atoms with Crippen LogP contribution in [0.15, 0.2) is 30.3 Å². The molecule has 0 spiro atoms. The Balaban J connectivity index is 1.33. The maximum Gasteiger partial charge on any atom is 0.266 e. The van der Waals surface area contributed by atoms with Gasteiger partial charge in [0.05, 0.1) is 24.1 Å². The second-order valence-corrected chi connectivity index (χ2v) is 16.4. The van der Waals surface area contributed by atoms with Crippen LogP contribution in [0.5, 0.6) is 0 Å². The molecule has 4 aliphatic carbocycles. The standard InChI is InChI=1S/C34H53NO7S/c1-5-24-27-19-23(36)15-16-33(27,3)28-20-29(37)34(4)25(12-13-26(34)31(28)32(24)39)21(2)11-14-30(38)35(17-18-43(40,41)42)22-9-7-6-8-10-22/h6-10,21,23-29,31-32,36-37,39H,5,11-20H2,1-4H3,(H,40,41,42). The van der Waals surface area contributed by atoms with E-state index >= 15 is 0 Å². The van der Waals surface area contributed by atoms with Crippen LogP contribution < -0.4 is 4.90 Å². The molecule has 242 valence electrons. The van der Waals surface area contributed by atoms with E-state index in [0.29, 0.717) is 18.5 Å². The highest BCUT2D eigenvalue weighted by molar-refractivity contribution is 7.85. The lowest BCUT2D eigenvalue weighted by molar-refractivity contribution is -0.228. The van der Waals surface area contributed by atoms with E-state index in [2.05, 4.69) is 27.7 Å². The number of rotatable bonds is 9. The van der Waals surface area contributed by atoms with Crippen molar-refractivity contribution in [1.29, 1.82) is 0 Å². The van der Waals surface area contributed by atoms with Crippen molar-refractivity contribution in [1.82, 2.24) is 0 Å². The first-order chi connectivity index (χ1) is 20.2. The maximum absolute atomic E-state index is 13.4. The molecule has 0 aliphatic heterocycles. The molecule has 0 heterocycles. The molecule has 0 saturated heterocycles. The number of hydrogen-bond donors (Lipinski definition) is 4. The molecule has 12 atom stereocenters. The van der Waals surface area contributed by atoms with E-state index in [0.717, 1.165) is 38.5 Å². The molecule has 4 fully saturated rings. The van der Waals surface area contributed by atoms with Crippen molar-refractivity contribution < 1.29 is 33.1 Å². The smallest absolute Gasteiger partial charge is 0.266 e. The highest BCUT2D eigenvalue weighted by Gasteiger charge is 2.67. The predicted octanol–water partition coefficient (Wildman–Crippen LogP) is 4.92. The fourth-order valence-electron chi connectivity index (χ4n) is 10.8. The van der Waals surface area contributed by atoms with Crippen molar-refractivity contribution in [3.8, 4) is 0 Å². The predicted molar refractivity (Wildman–Crippen MR) is 167 cm³/mol. The van der Waals surface area contributed by atoms with Crippen LogP contribution in [-0.2, 0) is 14.9 Å². The van der Waals surface area contributed by atoms with E-state index in [1.54, 1.807) is 24.3 Å². The molecule has 43 heavy (non-hydrogen) atoms. The number of carbonyl (C=O) groups excluding carboxylic acids is 1. The first-order valence-corrected chi connectivity index (χ1v) is 18.2. The van der Waals surface area contributed by atoms with Gasteiger partial charge in [0.1, 0.15) is 0 Å². The van der Waals surface area contributed by atoms with Crippen molar-refractivity contribution in [2.24, 2.45) is 52.3 Å². The molecule has 1 aromatic rings. The van der Waals surface area contributed by atoms with Gasteiger partial charge in [-0.25, -0.2) is 0 Å². The van der Waals surface area contributed by atoms with Crippen LogP contribution in [0.3, 0.4) is 0 Å². The zero-order valence-corrected chi connectivity index (χ0v) is 27.1. The van der Waals surface area contributed by atoms with Crippen LogP contribution in [0.4, 0.5) is 5.69 Å². The molecule has 8 nitrogen and oxygen atoms in total. The van der Waals surface area contributed by atoms with Crippen molar-refractivity contribution in [3.63, 3.8) is 0 Å². The fourth-order valence-corrected chi connectivity index (χ4v) is 11.2. The minimum absolute atomic E-state index is 0.00514. The van der Waals surface area contributed by atoms with Crippen molar-refractivity contribution in [2.45, 2.75) is 104 Å². The third kappa shape index (κ3) is 5.94. The van der Waals surface area contributed by atoms with Crippen molar-refractivity contribution in [3.05, 3.63) is 30.3 Å². The lowest BCUT2D eigenvalue weighted by Gasteiger charge is -2.65. The van der Waals surface area contributed by atoms with Crippen LogP contribution in [-0.4, -0.2) is 64.8 Å². The molecule has 1 amide bonds. The zero-order chi connectivity index (χ0) is 31.3. The second-order valence-electron chi connectivity index (χ2n) is 14.9. The van der Waals surface area contributed by atoms with E-state index < -0.39 is 28.1 Å². The molecular formula is C34H53NO7S. The first-order valence-electron chi connectivity index (χ1n) is 16.6. The van der Waals surface area contributed by atoms with Gasteiger partial charge in [0, 0.05) is 18.7 Å². The van der Waals surface area contributed by atoms with Crippen molar-refractivity contribution in [2.75, 3.05) is 17.2 Å².